The number of hydrogen-bond acceptors (Lipinski definition) is 2. The Bertz CT molecular complexity index is 641. The Hall–Kier alpha value is -1.22. The predicted molar refractivity (Wildman–Crippen MR) is 108 cm³/mol. The monoisotopic (exact) mass is 374 g/mol. The van der Waals surface area contributed by atoms with Gasteiger partial charge in [0.1, 0.15) is 0 Å². The Balaban J connectivity index is 1.39. The molecule has 2 saturated heterocycles. The van der Waals surface area contributed by atoms with E-state index in [1.54, 1.807) is 0 Å². The zero-order chi connectivity index (χ0) is 17.9. The molecular formula is C22H31ClN2O. The van der Waals surface area contributed by atoms with Crippen LogP contribution < -0.4 is 4.90 Å². The molecule has 0 aromatic heterocycles. The van der Waals surface area contributed by atoms with Gasteiger partial charge in [-0.1, -0.05) is 24.1 Å². The quantitative estimate of drug-likeness (QED) is 0.735. The van der Waals surface area contributed by atoms with E-state index in [2.05, 4.69) is 28.0 Å². The lowest BCUT2D eigenvalue weighted by atomic mass is 9.81. The Labute approximate surface area is 162 Å². The maximum Gasteiger partial charge on any atom is 0.222 e. The zero-order valence-corrected chi connectivity index (χ0v) is 16.5. The molecule has 1 amide bonds. The summed E-state index contributed by atoms with van der Waals surface area (Å²) >= 11 is 6.66. The number of amides is 1. The van der Waals surface area contributed by atoms with Gasteiger partial charge in [-0.05, 0) is 75.0 Å². The highest BCUT2D eigenvalue weighted by molar-refractivity contribution is 6.31. The molecule has 26 heavy (non-hydrogen) atoms. The van der Waals surface area contributed by atoms with Crippen molar-refractivity contribution in [3.05, 3.63) is 28.8 Å². The Morgan fingerprint density at radius 1 is 1.00 bits per heavy atom. The number of anilines is 1. The lowest BCUT2D eigenvalue weighted by Crippen LogP contribution is -2.39. The van der Waals surface area contributed by atoms with Gasteiger partial charge in [0.2, 0.25) is 5.91 Å². The molecule has 4 heteroatoms. The van der Waals surface area contributed by atoms with E-state index in [9.17, 15) is 4.79 Å². The number of carbonyl (C=O) groups excluding carboxylic acids is 1. The Morgan fingerprint density at radius 3 is 2.58 bits per heavy atom. The van der Waals surface area contributed by atoms with Gasteiger partial charge in [-0.2, -0.15) is 0 Å². The number of halogens is 1. The molecule has 1 aromatic carbocycles. The first-order valence-electron chi connectivity index (χ1n) is 10.5. The fourth-order valence-electron chi connectivity index (χ4n) is 5.15. The fraction of sp³-hybridized carbons (Fsp3) is 0.682. The molecule has 2 aliphatic heterocycles. The summed E-state index contributed by atoms with van der Waals surface area (Å²) in [4.78, 5) is 16.7. The summed E-state index contributed by atoms with van der Waals surface area (Å²) in [5.74, 6) is 1.03. The second kappa shape index (κ2) is 8.21. The number of piperidine rings is 1. The van der Waals surface area contributed by atoms with Gasteiger partial charge in [-0.25, -0.2) is 0 Å². The van der Waals surface area contributed by atoms with Crippen molar-refractivity contribution >= 4 is 23.2 Å². The van der Waals surface area contributed by atoms with Crippen LogP contribution in [0.3, 0.4) is 0 Å². The average Bonchev–Trinajstić information content (AvgIpc) is 3.10. The molecule has 3 aliphatic rings. The van der Waals surface area contributed by atoms with Gasteiger partial charge in [-0.15, -0.1) is 0 Å². The molecule has 0 radical (unpaired) electrons. The van der Waals surface area contributed by atoms with Gasteiger partial charge in [-0.3, -0.25) is 4.79 Å². The number of hydrogen-bond donors (Lipinski definition) is 0. The second-order valence-corrected chi connectivity index (χ2v) is 8.81. The van der Waals surface area contributed by atoms with Gasteiger partial charge >= 0.3 is 0 Å². The average molecular weight is 375 g/mol. The van der Waals surface area contributed by atoms with Crippen molar-refractivity contribution in [2.45, 2.75) is 70.3 Å². The van der Waals surface area contributed by atoms with E-state index in [4.69, 9.17) is 11.6 Å². The van der Waals surface area contributed by atoms with E-state index < -0.39 is 0 Å². The molecule has 0 N–H and O–H groups in total. The van der Waals surface area contributed by atoms with Gasteiger partial charge in [0.05, 0.1) is 0 Å². The third-order valence-electron chi connectivity index (χ3n) is 6.57. The second-order valence-electron chi connectivity index (χ2n) is 8.40. The van der Waals surface area contributed by atoms with Crippen molar-refractivity contribution in [3.63, 3.8) is 0 Å². The van der Waals surface area contributed by atoms with E-state index in [0.717, 1.165) is 50.3 Å². The largest absolute Gasteiger partial charge is 0.371 e. The lowest BCUT2D eigenvalue weighted by Gasteiger charge is -2.35. The molecule has 1 aliphatic carbocycles. The zero-order valence-electron chi connectivity index (χ0n) is 15.8. The van der Waals surface area contributed by atoms with E-state index in [0.29, 0.717) is 17.9 Å². The number of benzene rings is 1. The Kier molecular flexibility index (Phi) is 5.73. The summed E-state index contributed by atoms with van der Waals surface area (Å²) in [6.07, 6.45) is 11.6. The van der Waals surface area contributed by atoms with Crippen LogP contribution in [0, 0.1) is 5.92 Å². The highest BCUT2D eigenvalue weighted by Crippen LogP contribution is 2.34. The van der Waals surface area contributed by atoms with Crippen molar-refractivity contribution < 1.29 is 4.79 Å². The standard InChI is InChI=1S/C22H31ClN2O/c23-21-16-19(24-11-2-1-3-12-24)10-9-18(21)14-17-6-4-7-20(15-17)25-13-5-8-22(25)26/h9-10,16-17,20H,1-8,11-15H2. The molecule has 1 saturated carbocycles. The van der Waals surface area contributed by atoms with E-state index in [-0.39, 0.29) is 0 Å². The third kappa shape index (κ3) is 4.03. The summed E-state index contributed by atoms with van der Waals surface area (Å²) in [6, 6.07) is 7.15. The van der Waals surface area contributed by atoms with Crippen LogP contribution in [0.2, 0.25) is 5.02 Å². The highest BCUT2D eigenvalue weighted by atomic mass is 35.5. The lowest BCUT2D eigenvalue weighted by molar-refractivity contribution is -0.130. The van der Waals surface area contributed by atoms with Gasteiger partial charge in [0.15, 0.2) is 0 Å². The van der Waals surface area contributed by atoms with Crippen molar-refractivity contribution in [3.8, 4) is 0 Å². The van der Waals surface area contributed by atoms with Crippen LogP contribution in [0.25, 0.3) is 0 Å². The third-order valence-corrected chi connectivity index (χ3v) is 6.92. The molecule has 0 spiro atoms. The minimum absolute atomic E-state index is 0.375. The van der Waals surface area contributed by atoms with Gasteiger partial charge in [0, 0.05) is 42.8 Å². The summed E-state index contributed by atoms with van der Waals surface area (Å²) in [5, 5.41) is 0.924. The van der Waals surface area contributed by atoms with Crippen LogP contribution in [0.1, 0.15) is 63.4 Å². The molecule has 1 aromatic rings. The van der Waals surface area contributed by atoms with Crippen molar-refractivity contribution in [1.82, 2.24) is 4.90 Å². The minimum Gasteiger partial charge on any atom is -0.371 e. The maximum atomic E-state index is 12.1. The van der Waals surface area contributed by atoms with Crippen LogP contribution in [0.4, 0.5) is 5.69 Å². The molecule has 0 bridgehead atoms. The predicted octanol–water partition coefficient (Wildman–Crippen LogP) is 5.05. The number of nitrogens with zero attached hydrogens (tertiary/aromatic N) is 2. The summed E-state index contributed by atoms with van der Waals surface area (Å²) in [5.41, 5.74) is 2.56. The van der Waals surface area contributed by atoms with Crippen LogP contribution in [0.5, 0.6) is 0 Å². The SMILES string of the molecule is O=C1CCCN1C1CCCC(Cc2ccc(N3CCCCC3)cc2Cl)C1. The molecule has 4 rings (SSSR count). The van der Waals surface area contributed by atoms with E-state index in [1.807, 2.05) is 0 Å². The highest BCUT2D eigenvalue weighted by Gasteiger charge is 2.32. The molecule has 2 atom stereocenters. The van der Waals surface area contributed by atoms with Crippen molar-refractivity contribution in [2.24, 2.45) is 5.92 Å². The minimum atomic E-state index is 0.375. The van der Waals surface area contributed by atoms with Crippen LogP contribution >= 0.6 is 11.6 Å². The van der Waals surface area contributed by atoms with Gasteiger partial charge in [0.25, 0.3) is 0 Å². The van der Waals surface area contributed by atoms with Gasteiger partial charge < -0.3 is 9.80 Å². The first kappa shape index (κ1) is 18.2. The van der Waals surface area contributed by atoms with Crippen LogP contribution in [0.15, 0.2) is 18.2 Å². The first-order chi connectivity index (χ1) is 12.7. The fourth-order valence-corrected chi connectivity index (χ4v) is 5.40. The summed E-state index contributed by atoms with van der Waals surface area (Å²) in [6.45, 7) is 3.29. The molecule has 3 nitrogen and oxygen atoms in total. The van der Waals surface area contributed by atoms with Crippen LogP contribution in [-0.4, -0.2) is 36.5 Å². The summed E-state index contributed by atoms with van der Waals surface area (Å²) < 4.78 is 0. The van der Waals surface area contributed by atoms with Crippen molar-refractivity contribution in [1.29, 1.82) is 0 Å². The van der Waals surface area contributed by atoms with E-state index in [1.165, 1.54) is 49.8 Å². The number of rotatable bonds is 4. The number of carbonyl (C=O) groups is 1. The normalized spacial score (nSPS) is 27.2. The van der Waals surface area contributed by atoms with Crippen LogP contribution in [-0.2, 0) is 11.2 Å². The molecule has 2 heterocycles. The maximum absolute atomic E-state index is 12.1. The van der Waals surface area contributed by atoms with E-state index >= 15 is 0 Å². The number of likely N-dealkylation sites (tertiary alicyclic amines) is 1. The molecule has 3 fully saturated rings. The molecule has 142 valence electrons. The topological polar surface area (TPSA) is 23.6 Å². The smallest absolute Gasteiger partial charge is 0.222 e. The Morgan fingerprint density at radius 2 is 1.85 bits per heavy atom. The molecule has 2 unspecified atom stereocenters. The molecular weight excluding hydrogens is 344 g/mol. The summed E-state index contributed by atoms with van der Waals surface area (Å²) in [7, 11) is 0. The first-order valence-corrected chi connectivity index (χ1v) is 10.9. The van der Waals surface area contributed by atoms with Crippen molar-refractivity contribution in [2.75, 3.05) is 24.5 Å².